The summed E-state index contributed by atoms with van der Waals surface area (Å²) in [7, 11) is 0. The summed E-state index contributed by atoms with van der Waals surface area (Å²) in [4.78, 5) is 17.0. The molecule has 4 nitrogen and oxygen atoms in total. The highest BCUT2D eigenvalue weighted by atomic mass is 79.9. The van der Waals surface area contributed by atoms with Crippen LogP contribution in [0, 0.1) is 0 Å². The van der Waals surface area contributed by atoms with Gasteiger partial charge in [-0.3, -0.25) is 4.79 Å². The number of imidazole rings is 1. The zero-order valence-electron chi connectivity index (χ0n) is 5.84. The number of hydrogen-bond donors (Lipinski definition) is 2. The fraction of sp³-hybridized carbons (Fsp3) is 0.333. The van der Waals surface area contributed by atoms with Crippen LogP contribution in [0.2, 0.25) is 0 Å². The van der Waals surface area contributed by atoms with E-state index in [-0.39, 0.29) is 0 Å². The fourth-order valence-electron chi connectivity index (χ4n) is 0.663. The van der Waals surface area contributed by atoms with Gasteiger partial charge in [0.1, 0.15) is 0 Å². The first-order chi connectivity index (χ1) is 5.11. The van der Waals surface area contributed by atoms with E-state index in [1.165, 1.54) is 6.20 Å². The van der Waals surface area contributed by atoms with E-state index in [4.69, 9.17) is 5.11 Å². The summed E-state index contributed by atoms with van der Waals surface area (Å²) in [6, 6.07) is 0. The highest BCUT2D eigenvalue weighted by molar-refractivity contribution is 9.10. The first kappa shape index (κ1) is 8.26. The van der Waals surface area contributed by atoms with E-state index >= 15 is 0 Å². The predicted octanol–water partition coefficient (Wildman–Crippen LogP) is 1.36. The molecule has 0 aliphatic heterocycles. The van der Waals surface area contributed by atoms with Gasteiger partial charge in [0.2, 0.25) is 0 Å². The van der Waals surface area contributed by atoms with Crippen LogP contribution in [-0.4, -0.2) is 21.0 Å². The molecule has 0 aliphatic carbocycles. The molecule has 1 unspecified atom stereocenters. The number of hydrogen-bond acceptors (Lipinski definition) is 2. The number of H-pyrrole nitrogens is 1. The van der Waals surface area contributed by atoms with Crippen LogP contribution in [0.3, 0.4) is 0 Å². The molecule has 0 saturated heterocycles. The molecule has 1 rings (SSSR count). The maximum absolute atomic E-state index is 10.4. The minimum atomic E-state index is -0.860. The number of halogens is 1. The number of carbonyl (C=O) groups is 1. The van der Waals surface area contributed by atoms with Gasteiger partial charge in [-0.25, -0.2) is 4.98 Å². The maximum atomic E-state index is 10.4. The van der Waals surface area contributed by atoms with Crippen molar-refractivity contribution >= 4 is 21.9 Å². The van der Waals surface area contributed by atoms with Gasteiger partial charge in [0.25, 0.3) is 0 Å². The van der Waals surface area contributed by atoms with Gasteiger partial charge in [0.15, 0.2) is 4.73 Å². The third-order valence-electron chi connectivity index (χ3n) is 1.40. The Hall–Kier alpha value is -0.840. The Bertz CT molecular complexity index is 271. The lowest BCUT2D eigenvalue weighted by atomic mass is 10.1. The molecule has 0 saturated carbocycles. The molecule has 0 fully saturated rings. The summed E-state index contributed by atoms with van der Waals surface area (Å²) in [5.74, 6) is -1.39. The number of nitrogens with zero attached hydrogens (tertiary/aromatic N) is 1. The van der Waals surface area contributed by atoms with E-state index in [1.54, 1.807) is 6.92 Å². The van der Waals surface area contributed by atoms with Crippen molar-refractivity contribution in [2.75, 3.05) is 0 Å². The quantitative estimate of drug-likeness (QED) is 0.789. The molecule has 1 atom stereocenters. The Morgan fingerprint density at radius 3 is 2.91 bits per heavy atom. The molecule has 11 heavy (non-hydrogen) atoms. The number of aromatic nitrogens is 2. The van der Waals surface area contributed by atoms with Gasteiger partial charge in [0.05, 0.1) is 12.1 Å². The normalized spacial score (nSPS) is 12.9. The Morgan fingerprint density at radius 1 is 1.91 bits per heavy atom. The monoisotopic (exact) mass is 218 g/mol. The van der Waals surface area contributed by atoms with Crippen LogP contribution < -0.4 is 0 Å². The summed E-state index contributed by atoms with van der Waals surface area (Å²) in [6.45, 7) is 1.60. The van der Waals surface area contributed by atoms with E-state index in [0.717, 1.165) is 0 Å². The van der Waals surface area contributed by atoms with E-state index in [2.05, 4.69) is 25.9 Å². The molecule has 1 aromatic heterocycles. The SMILES string of the molecule is CC(C(=O)O)c1cnc(Br)[nH]1. The first-order valence-corrected chi connectivity index (χ1v) is 3.83. The molecule has 1 heterocycles. The summed E-state index contributed by atoms with van der Waals surface area (Å²) in [5.41, 5.74) is 0.601. The van der Waals surface area contributed by atoms with Crippen molar-refractivity contribution in [3.63, 3.8) is 0 Å². The Morgan fingerprint density at radius 2 is 2.55 bits per heavy atom. The molecule has 60 valence electrons. The summed E-state index contributed by atoms with van der Waals surface area (Å²) in [5, 5.41) is 8.58. The third-order valence-corrected chi connectivity index (χ3v) is 1.80. The van der Waals surface area contributed by atoms with Crippen LogP contribution >= 0.6 is 15.9 Å². The second-order valence-corrected chi connectivity index (χ2v) is 2.94. The molecular weight excluding hydrogens is 212 g/mol. The van der Waals surface area contributed by atoms with Crippen molar-refractivity contribution in [3.05, 3.63) is 16.6 Å². The fourth-order valence-corrected chi connectivity index (χ4v) is 0.994. The topological polar surface area (TPSA) is 66.0 Å². The molecule has 0 aliphatic rings. The molecule has 0 spiro atoms. The number of aliphatic carboxylic acids is 1. The number of rotatable bonds is 2. The van der Waals surface area contributed by atoms with Crippen molar-refractivity contribution < 1.29 is 9.90 Å². The van der Waals surface area contributed by atoms with Gasteiger partial charge in [-0.15, -0.1) is 0 Å². The molecule has 0 radical (unpaired) electrons. The van der Waals surface area contributed by atoms with Crippen molar-refractivity contribution in [2.45, 2.75) is 12.8 Å². The standard InChI is InChI=1S/C6H7BrN2O2/c1-3(5(10)11)4-2-8-6(7)9-4/h2-3H,1H3,(H,8,9)(H,10,11). The Balaban J connectivity index is 2.84. The molecule has 5 heteroatoms. The lowest BCUT2D eigenvalue weighted by Crippen LogP contribution is -2.07. The molecule has 0 aromatic carbocycles. The van der Waals surface area contributed by atoms with Gasteiger partial charge < -0.3 is 10.1 Å². The van der Waals surface area contributed by atoms with Crippen LogP contribution in [0.25, 0.3) is 0 Å². The zero-order chi connectivity index (χ0) is 8.43. The van der Waals surface area contributed by atoms with Gasteiger partial charge in [-0.2, -0.15) is 0 Å². The van der Waals surface area contributed by atoms with Gasteiger partial charge in [-0.1, -0.05) is 0 Å². The number of carboxylic acid groups (broad SMARTS) is 1. The number of nitrogens with one attached hydrogen (secondary N) is 1. The highest BCUT2D eigenvalue weighted by Crippen LogP contribution is 2.14. The van der Waals surface area contributed by atoms with Crippen LogP contribution in [0.1, 0.15) is 18.5 Å². The van der Waals surface area contributed by atoms with Crippen LogP contribution in [0.5, 0.6) is 0 Å². The van der Waals surface area contributed by atoms with Crippen molar-refractivity contribution in [3.8, 4) is 0 Å². The van der Waals surface area contributed by atoms with Crippen LogP contribution in [0.15, 0.2) is 10.9 Å². The van der Waals surface area contributed by atoms with E-state index in [0.29, 0.717) is 10.4 Å². The number of carboxylic acids is 1. The van der Waals surface area contributed by atoms with Crippen LogP contribution in [-0.2, 0) is 4.79 Å². The minimum absolute atomic E-state index is 0.534. The summed E-state index contributed by atoms with van der Waals surface area (Å²) < 4.78 is 0.556. The average molecular weight is 219 g/mol. The first-order valence-electron chi connectivity index (χ1n) is 3.04. The Labute approximate surface area is 71.8 Å². The molecule has 0 amide bonds. The lowest BCUT2D eigenvalue weighted by Gasteiger charge is -1.99. The third kappa shape index (κ3) is 1.80. The smallest absolute Gasteiger partial charge is 0.312 e. The molecular formula is C6H7BrN2O2. The highest BCUT2D eigenvalue weighted by Gasteiger charge is 2.15. The second-order valence-electron chi connectivity index (χ2n) is 2.19. The van der Waals surface area contributed by atoms with Crippen molar-refractivity contribution in [1.82, 2.24) is 9.97 Å². The van der Waals surface area contributed by atoms with E-state index in [1.807, 2.05) is 0 Å². The lowest BCUT2D eigenvalue weighted by molar-refractivity contribution is -0.138. The van der Waals surface area contributed by atoms with Gasteiger partial charge >= 0.3 is 5.97 Å². The number of aromatic amines is 1. The largest absolute Gasteiger partial charge is 0.481 e. The van der Waals surface area contributed by atoms with E-state index in [9.17, 15) is 4.79 Å². The zero-order valence-corrected chi connectivity index (χ0v) is 7.42. The molecule has 1 aromatic rings. The maximum Gasteiger partial charge on any atom is 0.312 e. The Kier molecular flexibility index (Phi) is 2.28. The molecule has 2 N–H and O–H groups in total. The predicted molar refractivity (Wildman–Crippen MR) is 42.3 cm³/mol. The second kappa shape index (κ2) is 3.04. The van der Waals surface area contributed by atoms with Crippen LogP contribution in [0.4, 0.5) is 0 Å². The van der Waals surface area contributed by atoms with Gasteiger partial charge in [-0.05, 0) is 22.9 Å². The summed E-state index contributed by atoms with van der Waals surface area (Å²) >= 11 is 3.09. The minimum Gasteiger partial charge on any atom is -0.481 e. The van der Waals surface area contributed by atoms with Crippen molar-refractivity contribution in [2.24, 2.45) is 0 Å². The van der Waals surface area contributed by atoms with Gasteiger partial charge in [0, 0.05) is 5.69 Å². The van der Waals surface area contributed by atoms with Crippen molar-refractivity contribution in [1.29, 1.82) is 0 Å². The van der Waals surface area contributed by atoms with E-state index < -0.39 is 11.9 Å². The average Bonchev–Trinajstić information content (AvgIpc) is 2.34. The summed E-state index contributed by atoms with van der Waals surface area (Å²) in [6.07, 6.45) is 1.50. The molecule has 0 bridgehead atoms.